The number of phenols is 1. The summed E-state index contributed by atoms with van der Waals surface area (Å²) in [4.78, 5) is 70.5. The van der Waals surface area contributed by atoms with Crippen molar-refractivity contribution in [1.29, 1.82) is 0 Å². The zero-order valence-electron chi connectivity index (χ0n) is 26.5. The van der Waals surface area contributed by atoms with Crippen LogP contribution in [0.3, 0.4) is 0 Å². The summed E-state index contributed by atoms with van der Waals surface area (Å²) in [5, 5.41) is 22.7. The number of nitrogens with zero attached hydrogens (tertiary/aromatic N) is 1. The number of allylic oxidation sites excluding steroid dienone is 4. The number of hydrogen-bond acceptors (Lipinski definition) is 6. The number of rotatable bonds is 6. The molecule has 8 heteroatoms. The number of fused-ring (bicyclic) bond motifs is 5. The largest absolute Gasteiger partial charge is 0.508 e. The van der Waals surface area contributed by atoms with Crippen LogP contribution in [0.1, 0.15) is 41.9 Å². The van der Waals surface area contributed by atoms with Gasteiger partial charge in [-0.05, 0) is 52.8 Å². The van der Waals surface area contributed by atoms with E-state index < -0.39 is 52.8 Å². The second-order valence-corrected chi connectivity index (χ2v) is 13.5. The van der Waals surface area contributed by atoms with Crippen molar-refractivity contribution in [2.75, 3.05) is 6.54 Å². The summed E-state index contributed by atoms with van der Waals surface area (Å²) < 4.78 is 0. The fourth-order valence-electron chi connectivity index (χ4n) is 9.27. The summed E-state index contributed by atoms with van der Waals surface area (Å²) in [5.74, 6) is -6.45. The molecule has 0 spiro atoms. The number of amides is 2. The number of carbonyl (C=O) groups excluding carboxylic acids is 4. The molecule has 4 aromatic rings. The number of aliphatic carboxylic acids is 1. The highest BCUT2D eigenvalue weighted by atomic mass is 16.4. The number of hydrogen-bond donors (Lipinski definition) is 2. The number of likely N-dealkylation sites (tertiary alicyclic amines) is 1. The molecule has 8 nitrogen and oxygen atoms in total. The molecule has 6 atom stereocenters. The van der Waals surface area contributed by atoms with Crippen molar-refractivity contribution in [1.82, 2.24) is 4.90 Å². The Balaban J connectivity index is 1.41. The number of phenolic OH excluding ortho intramolecular Hbond substituents is 1. The van der Waals surface area contributed by atoms with Gasteiger partial charge in [-0.15, -0.1) is 0 Å². The van der Waals surface area contributed by atoms with Crippen molar-refractivity contribution in [3.8, 4) is 5.75 Å². The molecule has 3 aliphatic carbocycles. The van der Waals surface area contributed by atoms with Gasteiger partial charge in [0.2, 0.25) is 11.8 Å². The summed E-state index contributed by atoms with van der Waals surface area (Å²) in [7, 11) is 0. The van der Waals surface area contributed by atoms with Crippen molar-refractivity contribution in [3.05, 3.63) is 131 Å². The van der Waals surface area contributed by atoms with E-state index in [0.717, 1.165) is 21.2 Å². The minimum atomic E-state index is -1.47. The summed E-state index contributed by atoms with van der Waals surface area (Å²) in [5.41, 5.74) is 1.31. The van der Waals surface area contributed by atoms with Gasteiger partial charge >= 0.3 is 5.97 Å². The van der Waals surface area contributed by atoms with Crippen LogP contribution in [0.25, 0.3) is 16.3 Å². The van der Waals surface area contributed by atoms with Crippen LogP contribution in [0, 0.1) is 23.7 Å². The van der Waals surface area contributed by atoms with Gasteiger partial charge in [-0.2, -0.15) is 0 Å². The zero-order valence-corrected chi connectivity index (χ0v) is 26.5. The van der Waals surface area contributed by atoms with E-state index in [9.17, 15) is 24.6 Å². The molecule has 1 saturated carbocycles. The lowest BCUT2D eigenvalue weighted by Crippen LogP contribution is -2.58. The Morgan fingerprint density at radius 1 is 0.816 bits per heavy atom. The Morgan fingerprint density at radius 2 is 1.51 bits per heavy atom. The first-order chi connectivity index (χ1) is 23.7. The van der Waals surface area contributed by atoms with Crippen LogP contribution in [0.5, 0.6) is 5.75 Å². The van der Waals surface area contributed by atoms with Gasteiger partial charge in [-0.3, -0.25) is 28.9 Å². The van der Waals surface area contributed by atoms with Crippen LogP contribution in [0.2, 0.25) is 0 Å². The van der Waals surface area contributed by atoms with Gasteiger partial charge in [-0.25, -0.2) is 0 Å². The molecule has 8 rings (SSSR count). The molecule has 2 fully saturated rings. The first kappa shape index (κ1) is 30.7. The number of carboxylic acid groups (broad SMARTS) is 1. The molecule has 0 radical (unpaired) electrons. The van der Waals surface area contributed by atoms with E-state index in [4.69, 9.17) is 0 Å². The van der Waals surface area contributed by atoms with Crippen LogP contribution in [0.4, 0.5) is 0 Å². The van der Waals surface area contributed by atoms with Gasteiger partial charge < -0.3 is 10.2 Å². The fraction of sp³-hybridized carbons (Fsp3) is 0.244. The lowest BCUT2D eigenvalue weighted by molar-refractivity contribution is -0.142. The Morgan fingerprint density at radius 3 is 2.24 bits per heavy atom. The molecule has 2 N–H and O–H groups in total. The highest BCUT2D eigenvalue weighted by Gasteiger charge is 2.66. The van der Waals surface area contributed by atoms with E-state index in [1.807, 2.05) is 84.9 Å². The summed E-state index contributed by atoms with van der Waals surface area (Å²) in [6.45, 7) is -0.231. The van der Waals surface area contributed by atoms with Crippen molar-refractivity contribution in [3.63, 3.8) is 0 Å². The average molecular weight is 652 g/mol. The summed E-state index contributed by atoms with van der Waals surface area (Å²) in [6, 6.07) is 29.3. The van der Waals surface area contributed by atoms with Crippen LogP contribution >= 0.6 is 0 Å². The summed E-state index contributed by atoms with van der Waals surface area (Å²) >= 11 is 0. The third-order valence-corrected chi connectivity index (χ3v) is 11.3. The lowest BCUT2D eigenvalue weighted by Gasteiger charge is -2.55. The standard InChI is InChI=1S/C41H33NO7/c43-32-18-15-24-11-7-8-14-26(24)36(32)37-27-16-17-28-35(40(49)42(39(28)48)20-19-34(45)46)30(27)21-31-38(47)29(23-9-3-1-4-10-23)22-33(44)41(31,37)25-12-5-2-6-13-25/h1-16,18,22,28,30-31,35,37,43H,17,19-21H2,(H,45,46). The Kier molecular flexibility index (Phi) is 7.21. The highest BCUT2D eigenvalue weighted by Crippen LogP contribution is 2.65. The number of carbonyl (C=O) groups is 5. The highest BCUT2D eigenvalue weighted by molar-refractivity contribution is 6.32. The number of imide groups is 1. The van der Waals surface area contributed by atoms with Gasteiger partial charge in [0.25, 0.3) is 0 Å². The molecule has 1 heterocycles. The molecular formula is C41H33NO7. The maximum absolute atomic E-state index is 15.2. The van der Waals surface area contributed by atoms with Crippen LogP contribution in [-0.2, 0) is 29.4 Å². The van der Waals surface area contributed by atoms with E-state index in [1.54, 1.807) is 18.2 Å². The van der Waals surface area contributed by atoms with E-state index in [2.05, 4.69) is 0 Å². The summed E-state index contributed by atoms with van der Waals surface area (Å²) in [6.07, 6.45) is 3.38. The maximum Gasteiger partial charge on any atom is 0.305 e. The molecule has 6 unspecified atom stereocenters. The van der Waals surface area contributed by atoms with Crippen molar-refractivity contribution >= 4 is 45.7 Å². The molecule has 4 aromatic carbocycles. The number of carboxylic acids is 1. The van der Waals surface area contributed by atoms with Crippen molar-refractivity contribution in [2.24, 2.45) is 23.7 Å². The van der Waals surface area contributed by atoms with Gasteiger partial charge in [0.15, 0.2) is 11.6 Å². The lowest BCUT2D eigenvalue weighted by atomic mass is 9.44. The Labute approximate surface area is 282 Å². The van der Waals surface area contributed by atoms with Crippen molar-refractivity contribution < 1.29 is 34.2 Å². The Bertz CT molecular complexity index is 2130. The molecule has 1 aliphatic heterocycles. The second kappa shape index (κ2) is 11.5. The zero-order chi connectivity index (χ0) is 34.0. The first-order valence-corrected chi connectivity index (χ1v) is 16.6. The van der Waals surface area contributed by atoms with E-state index in [-0.39, 0.29) is 43.1 Å². The van der Waals surface area contributed by atoms with Gasteiger partial charge in [0.1, 0.15) is 5.75 Å². The quantitative estimate of drug-likeness (QED) is 0.198. The molecule has 2 amide bonds. The van der Waals surface area contributed by atoms with E-state index >= 15 is 9.59 Å². The predicted molar refractivity (Wildman–Crippen MR) is 181 cm³/mol. The second-order valence-electron chi connectivity index (χ2n) is 13.5. The minimum absolute atomic E-state index is 0.0311. The number of ketones is 2. The van der Waals surface area contributed by atoms with E-state index in [1.165, 1.54) is 6.08 Å². The SMILES string of the molecule is O=C(O)CCN1C(=O)C2CC=C3C(CC4C(=O)C(c5ccccc5)=CC(=O)C4(c4ccccc4)C3c3c(O)ccc4ccccc34)C2C1=O. The van der Waals surface area contributed by atoms with Crippen LogP contribution in [-0.4, -0.2) is 51.0 Å². The topological polar surface area (TPSA) is 129 Å². The predicted octanol–water partition coefficient (Wildman–Crippen LogP) is 5.84. The third-order valence-electron chi connectivity index (χ3n) is 11.3. The number of Topliss-reactive ketones (excluding diaryl/α,β-unsaturated/α-hetero) is 1. The molecule has 49 heavy (non-hydrogen) atoms. The average Bonchev–Trinajstić information content (AvgIpc) is 3.37. The molecular weight excluding hydrogens is 618 g/mol. The Hall–Kier alpha value is -5.63. The molecule has 0 bridgehead atoms. The monoisotopic (exact) mass is 651 g/mol. The van der Waals surface area contributed by atoms with Crippen LogP contribution in [0.15, 0.2) is 115 Å². The fourth-order valence-corrected chi connectivity index (χ4v) is 9.27. The first-order valence-electron chi connectivity index (χ1n) is 16.6. The smallest absolute Gasteiger partial charge is 0.305 e. The molecule has 0 aromatic heterocycles. The third kappa shape index (κ3) is 4.46. The van der Waals surface area contributed by atoms with Gasteiger partial charge in [0.05, 0.1) is 23.7 Å². The van der Waals surface area contributed by atoms with Crippen molar-refractivity contribution in [2.45, 2.75) is 30.6 Å². The molecule has 1 saturated heterocycles. The number of aromatic hydroxyl groups is 1. The van der Waals surface area contributed by atoms with Crippen LogP contribution < -0.4 is 0 Å². The van der Waals surface area contributed by atoms with Gasteiger partial charge in [0, 0.05) is 29.5 Å². The minimum Gasteiger partial charge on any atom is -0.508 e. The van der Waals surface area contributed by atoms with E-state index in [0.29, 0.717) is 22.3 Å². The molecule has 244 valence electrons. The van der Waals surface area contributed by atoms with Gasteiger partial charge in [-0.1, -0.05) is 103 Å². The normalized spacial score (nSPS) is 27.7. The molecule has 4 aliphatic rings. The maximum atomic E-state index is 15.2. The number of benzene rings is 4.